The summed E-state index contributed by atoms with van der Waals surface area (Å²) in [6, 6.07) is 8.53. The number of hydrogen-bond donors (Lipinski definition) is 7. The Kier molecular flexibility index (Phi) is 13.6. The number of aliphatic hydroxyl groups excluding tert-OH is 4. The van der Waals surface area contributed by atoms with E-state index >= 15 is 0 Å². The maximum absolute atomic E-state index is 12.1. The maximum Gasteiger partial charge on any atom is 0.243 e. The number of nitrogens with two attached hydrogens (primary N) is 1. The predicted molar refractivity (Wildman–Crippen MR) is 132 cm³/mol. The lowest BCUT2D eigenvalue weighted by Gasteiger charge is -2.39. The Hall–Kier alpha value is -2.45. The summed E-state index contributed by atoms with van der Waals surface area (Å²) in [5.41, 5.74) is 6.79. The number of ether oxygens (including phenoxy) is 2. The Bertz CT molecular complexity index is 840. The molecule has 1 aliphatic heterocycles. The fourth-order valence-electron chi connectivity index (χ4n) is 3.84. The Morgan fingerprint density at radius 2 is 1.59 bits per heavy atom. The quantitative estimate of drug-likeness (QED) is 0.132. The van der Waals surface area contributed by atoms with E-state index in [-0.39, 0.29) is 31.4 Å². The van der Waals surface area contributed by atoms with Crippen molar-refractivity contribution in [3.05, 3.63) is 35.9 Å². The second-order valence-electron chi connectivity index (χ2n) is 9.04. The van der Waals surface area contributed by atoms with Gasteiger partial charge >= 0.3 is 0 Å². The highest BCUT2D eigenvalue weighted by molar-refractivity contribution is 5.97. The van der Waals surface area contributed by atoms with Crippen LogP contribution >= 0.6 is 0 Å². The van der Waals surface area contributed by atoms with Gasteiger partial charge in [0.25, 0.3) is 0 Å². The summed E-state index contributed by atoms with van der Waals surface area (Å²) < 4.78 is 10.5. The van der Waals surface area contributed by atoms with Gasteiger partial charge in [-0.15, -0.1) is 0 Å². The fraction of sp³-hybridized carbons (Fsp3) is 0.640. The second-order valence-corrected chi connectivity index (χ2v) is 9.04. The zero-order chi connectivity index (χ0) is 27.2. The summed E-state index contributed by atoms with van der Waals surface area (Å²) in [6.45, 7) is -0.404. The summed E-state index contributed by atoms with van der Waals surface area (Å²) in [7, 11) is 0. The first kappa shape index (κ1) is 30.8. The van der Waals surface area contributed by atoms with Crippen LogP contribution in [0.5, 0.6) is 0 Å². The summed E-state index contributed by atoms with van der Waals surface area (Å²) in [4.78, 5) is 36.0. The van der Waals surface area contributed by atoms with Gasteiger partial charge < -0.3 is 41.0 Å². The normalized spacial score (nSPS) is 24.3. The van der Waals surface area contributed by atoms with Gasteiger partial charge in [-0.1, -0.05) is 43.2 Å². The van der Waals surface area contributed by atoms with Crippen molar-refractivity contribution < 1.29 is 44.3 Å². The largest absolute Gasteiger partial charge is 0.394 e. The third kappa shape index (κ3) is 10.8. The molecule has 1 aliphatic rings. The number of hydrogen-bond acceptors (Lipinski definition) is 10. The number of unbranched alkanes of at least 4 members (excludes halogenated alkanes) is 3. The molecule has 12 heteroatoms. The average Bonchev–Trinajstić information content (AvgIpc) is 2.88. The van der Waals surface area contributed by atoms with Crippen molar-refractivity contribution in [1.29, 1.82) is 0 Å². The summed E-state index contributed by atoms with van der Waals surface area (Å²) in [5, 5.41) is 43.5. The van der Waals surface area contributed by atoms with Crippen LogP contribution in [0.25, 0.3) is 0 Å². The van der Waals surface area contributed by atoms with Gasteiger partial charge in [0.05, 0.1) is 19.3 Å². The molecule has 1 heterocycles. The lowest BCUT2D eigenvalue weighted by Crippen LogP contribution is -2.59. The van der Waals surface area contributed by atoms with E-state index in [1.54, 1.807) is 0 Å². The number of carbonyl (C=O) groups excluding carboxylic acids is 3. The highest BCUT2D eigenvalue weighted by atomic mass is 16.7. The van der Waals surface area contributed by atoms with Gasteiger partial charge in [0.2, 0.25) is 17.7 Å². The topological polar surface area (TPSA) is 201 Å². The molecule has 0 radical (unpaired) electrons. The molecule has 0 spiro atoms. The van der Waals surface area contributed by atoms with Crippen LogP contribution in [0, 0.1) is 0 Å². The molecule has 6 atom stereocenters. The SMILES string of the molecule is N[C@@H](Cc1ccccc1)C(=O)NC(=O)CCCCCCC(=O)NCCO[C@H]1O[C@H](CO)[C@@H](O)[C@H](O)[C@@H]1O. The summed E-state index contributed by atoms with van der Waals surface area (Å²) in [6.07, 6.45) is -3.24. The highest BCUT2D eigenvalue weighted by Gasteiger charge is 2.43. The number of imide groups is 1. The minimum atomic E-state index is -1.52. The standard InChI is InChI=1S/C25H39N3O9/c26-17(14-16-8-4-3-5-9-16)24(35)28-20(31)11-7-2-1-6-10-19(30)27-12-13-36-25-23(34)22(33)21(32)18(15-29)37-25/h3-5,8-9,17-18,21-23,25,29,32-34H,1-2,6-7,10-15,26H2,(H,27,30)(H,28,31,35)/t17-,18+,21+,22-,23-,25-/m0/s1. The summed E-state index contributed by atoms with van der Waals surface area (Å²) >= 11 is 0. The molecule has 208 valence electrons. The van der Waals surface area contributed by atoms with Gasteiger partial charge in [0.15, 0.2) is 6.29 Å². The molecule has 3 amide bonds. The van der Waals surface area contributed by atoms with Crippen LogP contribution in [-0.4, -0.2) is 94.7 Å². The van der Waals surface area contributed by atoms with Crippen LogP contribution in [0.3, 0.4) is 0 Å². The van der Waals surface area contributed by atoms with Crippen LogP contribution in [0.1, 0.15) is 44.1 Å². The molecule has 0 bridgehead atoms. The third-order valence-corrected chi connectivity index (χ3v) is 6.01. The van der Waals surface area contributed by atoms with Gasteiger partial charge in [-0.3, -0.25) is 19.7 Å². The Morgan fingerprint density at radius 1 is 0.946 bits per heavy atom. The molecule has 1 aromatic rings. The van der Waals surface area contributed by atoms with Crippen LogP contribution in [0.15, 0.2) is 30.3 Å². The first-order valence-corrected chi connectivity index (χ1v) is 12.5. The van der Waals surface area contributed by atoms with Crippen molar-refractivity contribution in [2.24, 2.45) is 5.73 Å². The monoisotopic (exact) mass is 525 g/mol. The molecule has 0 saturated carbocycles. The summed E-state index contributed by atoms with van der Waals surface area (Å²) in [5.74, 6) is -1.06. The van der Waals surface area contributed by atoms with Crippen LogP contribution in [-0.2, 0) is 30.3 Å². The molecule has 0 unspecified atom stereocenters. The van der Waals surface area contributed by atoms with E-state index in [1.807, 2.05) is 30.3 Å². The molecule has 0 aliphatic carbocycles. The molecule has 1 aromatic carbocycles. The van der Waals surface area contributed by atoms with E-state index < -0.39 is 49.3 Å². The van der Waals surface area contributed by atoms with E-state index in [1.165, 1.54) is 0 Å². The predicted octanol–water partition coefficient (Wildman–Crippen LogP) is -1.53. The number of carbonyl (C=O) groups is 3. The van der Waals surface area contributed by atoms with E-state index in [0.717, 1.165) is 18.4 Å². The molecular formula is C25H39N3O9. The van der Waals surface area contributed by atoms with E-state index in [2.05, 4.69) is 10.6 Å². The van der Waals surface area contributed by atoms with Crippen molar-refractivity contribution in [3.8, 4) is 0 Å². The minimum absolute atomic E-state index is 0.00271. The zero-order valence-corrected chi connectivity index (χ0v) is 20.8. The van der Waals surface area contributed by atoms with Crippen molar-refractivity contribution in [1.82, 2.24) is 10.6 Å². The van der Waals surface area contributed by atoms with E-state index in [9.17, 15) is 29.7 Å². The van der Waals surface area contributed by atoms with Gasteiger partial charge in [0, 0.05) is 19.4 Å². The molecule has 2 rings (SSSR count). The van der Waals surface area contributed by atoms with Gasteiger partial charge in [0.1, 0.15) is 24.4 Å². The smallest absolute Gasteiger partial charge is 0.243 e. The lowest BCUT2D eigenvalue weighted by atomic mass is 9.99. The minimum Gasteiger partial charge on any atom is -0.394 e. The van der Waals surface area contributed by atoms with Crippen molar-refractivity contribution in [2.75, 3.05) is 19.8 Å². The van der Waals surface area contributed by atoms with Gasteiger partial charge in [-0.25, -0.2) is 0 Å². The number of aliphatic hydroxyl groups is 4. The zero-order valence-electron chi connectivity index (χ0n) is 20.8. The van der Waals surface area contributed by atoms with Crippen LogP contribution < -0.4 is 16.4 Å². The number of benzene rings is 1. The maximum atomic E-state index is 12.1. The number of nitrogens with one attached hydrogen (secondary N) is 2. The molecule has 8 N–H and O–H groups in total. The molecule has 37 heavy (non-hydrogen) atoms. The first-order chi connectivity index (χ1) is 17.7. The van der Waals surface area contributed by atoms with Gasteiger partial charge in [-0.05, 0) is 24.8 Å². The van der Waals surface area contributed by atoms with Crippen molar-refractivity contribution >= 4 is 17.7 Å². The molecular weight excluding hydrogens is 486 g/mol. The average molecular weight is 526 g/mol. The van der Waals surface area contributed by atoms with Crippen LogP contribution in [0.4, 0.5) is 0 Å². The Labute approximate surface area is 216 Å². The van der Waals surface area contributed by atoms with Crippen LogP contribution in [0.2, 0.25) is 0 Å². The molecule has 1 saturated heterocycles. The number of amides is 3. The third-order valence-electron chi connectivity index (χ3n) is 6.01. The molecule has 12 nitrogen and oxygen atoms in total. The Balaban J connectivity index is 1.48. The second kappa shape index (κ2) is 16.4. The molecule has 1 fully saturated rings. The Morgan fingerprint density at radius 3 is 2.24 bits per heavy atom. The van der Waals surface area contributed by atoms with Gasteiger partial charge in [-0.2, -0.15) is 0 Å². The number of rotatable bonds is 15. The van der Waals surface area contributed by atoms with Crippen molar-refractivity contribution in [3.63, 3.8) is 0 Å². The lowest BCUT2D eigenvalue weighted by molar-refractivity contribution is -0.300. The first-order valence-electron chi connectivity index (χ1n) is 12.5. The fourth-order valence-corrected chi connectivity index (χ4v) is 3.84. The molecule has 0 aromatic heterocycles. The van der Waals surface area contributed by atoms with E-state index in [4.69, 9.17) is 20.3 Å². The highest BCUT2D eigenvalue weighted by Crippen LogP contribution is 2.21. The van der Waals surface area contributed by atoms with E-state index in [0.29, 0.717) is 25.7 Å². The van der Waals surface area contributed by atoms with Crippen molar-refractivity contribution in [2.45, 2.75) is 81.7 Å².